The van der Waals surface area contributed by atoms with Crippen LogP contribution in [0, 0.1) is 0 Å². The number of hydrogen-bond acceptors (Lipinski definition) is 22. The third-order valence-corrected chi connectivity index (χ3v) is 26.2. The van der Waals surface area contributed by atoms with Crippen molar-refractivity contribution >= 4 is 169 Å². The van der Waals surface area contributed by atoms with E-state index >= 15 is 0 Å². The van der Waals surface area contributed by atoms with Gasteiger partial charge in [-0.05, 0) is 127 Å². The van der Waals surface area contributed by atoms with Crippen molar-refractivity contribution < 1.29 is 28.7 Å². The van der Waals surface area contributed by atoms with Crippen molar-refractivity contribution in [3.8, 4) is 34.0 Å². The summed E-state index contributed by atoms with van der Waals surface area (Å²) in [5, 5.41) is 41.8. The lowest BCUT2D eigenvalue weighted by Crippen LogP contribution is -2.53. The number of methoxy groups -OCH3 is 2. The van der Waals surface area contributed by atoms with Crippen LogP contribution >= 0.6 is 78.3 Å². The number of hydrogen-bond donors (Lipinski definition) is 8. The van der Waals surface area contributed by atoms with Crippen LogP contribution in [0.15, 0.2) is 204 Å². The van der Waals surface area contributed by atoms with Crippen molar-refractivity contribution in [2.75, 3.05) is 152 Å². The van der Waals surface area contributed by atoms with Gasteiger partial charge in [0.2, 0.25) is 35.4 Å². The number of benzene rings is 6. The summed E-state index contributed by atoms with van der Waals surface area (Å²) in [6, 6.07) is 49.9. The molecule has 6 aromatic carbocycles. The summed E-state index contributed by atoms with van der Waals surface area (Å²) in [7, 11) is 3.22. The minimum absolute atomic E-state index is 0.0168. The number of piperazine rings is 4. The third kappa shape index (κ3) is 22.7. The molecule has 8 aromatic heterocycles. The lowest BCUT2D eigenvalue weighted by Gasteiger charge is -2.38. The fourth-order valence-corrected chi connectivity index (χ4v) is 18.7. The van der Waals surface area contributed by atoms with Gasteiger partial charge < -0.3 is 70.8 Å². The molecule has 14 aromatic rings. The van der Waals surface area contributed by atoms with Crippen LogP contribution in [0.2, 0.25) is 20.1 Å². The van der Waals surface area contributed by atoms with E-state index in [2.05, 4.69) is 175 Å². The molecule has 688 valence electrons. The number of halogens is 6. The zero-order valence-corrected chi connectivity index (χ0v) is 80.3. The van der Waals surface area contributed by atoms with Gasteiger partial charge in [-0.3, -0.25) is 39.6 Å². The molecule has 0 saturated carbocycles. The molecule has 0 unspecified atom stereocenters. The molecule has 4 atom stereocenters. The number of carbonyl (C=O) groups excluding carboxylic acids is 4. The summed E-state index contributed by atoms with van der Waals surface area (Å²) in [5.41, 5.74) is 27.6. The molecule has 36 heteroatoms. The normalized spacial score (nSPS) is 15.2. The van der Waals surface area contributed by atoms with E-state index in [0.717, 1.165) is 135 Å². The summed E-state index contributed by atoms with van der Waals surface area (Å²) in [6.07, 6.45) is 11.9. The molecular weight excluding hydrogens is 1890 g/mol. The quantitative estimate of drug-likeness (QED) is 0.0278. The molecule has 30 nitrogen and oxygen atoms in total. The van der Waals surface area contributed by atoms with Crippen LogP contribution < -0.4 is 51.2 Å². The number of rotatable bonds is 24. The maximum atomic E-state index is 13.8. The van der Waals surface area contributed by atoms with Gasteiger partial charge in [-0.25, -0.2) is 19.9 Å². The van der Waals surface area contributed by atoms with Gasteiger partial charge in [0.25, 0.3) is 0 Å². The number of aromatic amines is 4. The fourth-order valence-electron chi connectivity index (χ4n) is 17.1. The van der Waals surface area contributed by atoms with E-state index < -0.39 is 12.1 Å². The van der Waals surface area contributed by atoms with Gasteiger partial charge in [-0.2, -0.15) is 10.2 Å². The standard InChI is InChI=1S/C29H33ClN6O2.C26H27ClN6O2.C22H26BrClN6O.C19H20BrClN6O/c1-19(2)31-18-24(21-9-11-22(30)12-10-21)29(37)36-15-13-35(14-16-36)26-23(20-7-5-4-6-8-20)17-32-27-25(26)28(38-3)34-33-27;1-35-25-22-23(20(16-29-24(22)30-31-25)18-5-3-2-4-6-18)32-11-13-33(14-12-32)26(34)21(28)15-17-7-9-19(27)10-8-17;1-14(2)25-11-17(15-3-5-16(24)6-4-15)22(31)30-9-7-29(8-10-30)20-18-12-27-28-21(18)26-13-19(20)23;20-15-11-23-18-14(10-24-25-18)17(15)26-5-7-27(8-6-26)19(28)16(22)9-12-1-3-13(21)4-2-12/h4-12,17,19,24,31H,13-16,18H2,1-3H3,(H,32,33,34);2-10,16,21H,11-15,28H2,1H3,(H,29,30,31);3-6,12-14,17,25H,7-11H2,1-2H3,(H,26,27,28);1-4,10-11,16H,5-9,22H2,(H,23,24,25)/t24-;21-;17-;16-/m1111/s1. The van der Waals surface area contributed by atoms with E-state index in [4.69, 9.17) is 67.3 Å². The van der Waals surface area contributed by atoms with Crippen molar-refractivity contribution in [1.82, 2.24) is 91.0 Å². The number of nitrogens with two attached hydrogens (primary N) is 2. The summed E-state index contributed by atoms with van der Waals surface area (Å²) in [5.74, 6) is 0.731. The molecule has 18 rings (SSSR count). The first kappa shape index (κ1) is 95.1. The Balaban J connectivity index is 0.000000135. The first-order valence-corrected chi connectivity index (χ1v) is 47.1. The Morgan fingerprint density at radius 3 is 1.01 bits per heavy atom. The Bertz CT molecular complexity index is 6230. The topological polar surface area (TPSA) is 355 Å². The molecule has 4 aliphatic heterocycles. The number of anilines is 4. The summed E-state index contributed by atoms with van der Waals surface area (Å²) >= 11 is 31.3. The smallest absolute Gasteiger partial charge is 0.244 e. The number of aromatic nitrogens is 12. The van der Waals surface area contributed by atoms with Crippen LogP contribution in [0.5, 0.6) is 11.8 Å². The molecule has 4 aliphatic rings. The monoisotopic (exact) mass is 1990 g/mol. The Morgan fingerprint density at radius 2 is 0.689 bits per heavy atom. The van der Waals surface area contributed by atoms with Crippen molar-refractivity contribution in [3.63, 3.8) is 0 Å². The molecule has 4 amide bonds. The van der Waals surface area contributed by atoms with Crippen LogP contribution in [0.1, 0.15) is 61.8 Å². The highest BCUT2D eigenvalue weighted by Crippen LogP contribution is 2.44. The highest BCUT2D eigenvalue weighted by molar-refractivity contribution is 9.11. The molecule has 132 heavy (non-hydrogen) atoms. The molecule has 0 bridgehead atoms. The van der Waals surface area contributed by atoms with Crippen molar-refractivity contribution in [2.24, 2.45) is 11.5 Å². The van der Waals surface area contributed by atoms with Gasteiger partial charge >= 0.3 is 0 Å². The lowest BCUT2D eigenvalue weighted by molar-refractivity contribution is -0.133. The van der Waals surface area contributed by atoms with Crippen LogP contribution in [0.25, 0.3) is 66.4 Å². The SMILES string of the molecule is CC(C)NC[C@@H](C(=O)N1CCN(c2c(Br)cnc3[nH]ncc23)CC1)c1ccc(Cl)cc1.COc1n[nH]c2ncc(-c3ccccc3)c(N3CCN(C(=O)[C@H](CNC(C)C)c4ccc(Cl)cc4)CC3)c12.COc1n[nH]c2ncc(-c3ccccc3)c(N3CCN(C(=O)[C@H](N)Cc4ccc(Cl)cc4)CC3)c12.N[C@H](Cc1ccc(Cl)cc1)C(=O)N1CCN(c2c(Br)cnc3[nH]ncc23)CC1. The van der Waals surface area contributed by atoms with Gasteiger partial charge in [-0.15, -0.1) is 10.2 Å². The number of nitrogens with one attached hydrogen (secondary N) is 6. The second-order valence-corrected chi connectivity index (χ2v) is 36.8. The number of nitrogens with zero attached hydrogens (tertiary/aromatic N) is 16. The molecule has 4 fully saturated rings. The van der Waals surface area contributed by atoms with E-state index in [1.165, 1.54) is 0 Å². The molecule has 0 aliphatic carbocycles. The van der Waals surface area contributed by atoms with Gasteiger partial charge in [0.1, 0.15) is 10.8 Å². The van der Waals surface area contributed by atoms with Crippen LogP contribution in [0.3, 0.4) is 0 Å². The van der Waals surface area contributed by atoms with E-state index in [-0.39, 0.29) is 41.5 Å². The zero-order valence-electron chi connectivity index (χ0n) is 74.1. The second kappa shape index (κ2) is 44.3. The average Bonchev–Trinajstić information content (AvgIpc) is 0.811. The molecule has 10 N–H and O–H groups in total. The number of fused-ring (bicyclic) bond motifs is 4. The summed E-state index contributed by atoms with van der Waals surface area (Å²) < 4.78 is 13.0. The Morgan fingerprint density at radius 1 is 0.386 bits per heavy atom. The number of amides is 4. The highest BCUT2D eigenvalue weighted by atomic mass is 79.9. The molecule has 12 heterocycles. The molecular formula is C96H106Br2Cl4N24O6. The predicted octanol–water partition coefficient (Wildman–Crippen LogP) is 14.6. The van der Waals surface area contributed by atoms with Gasteiger partial charge in [0.05, 0.1) is 93.0 Å². The molecule has 4 saturated heterocycles. The number of pyridine rings is 4. The van der Waals surface area contributed by atoms with Crippen molar-refractivity contribution in [2.45, 2.75) is 76.5 Å². The van der Waals surface area contributed by atoms with E-state index in [9.17, 15) is 19.2 Å². The van der Waals surface area contributed by atoms with Crippen LogP contribution in [0.4, 0.5) is 22.7 Å². The first-order chi connectivity index (χ1) is 64.0. The van der Waals surface area contributed by atoms with E-state index in [0.29, 0.717) is 154 Å². The van der Waals surface area contributed by atoms with E-state index in [1.54, 1.807) is 39.0 Å². The maximum absolute atomic E-state index is 13.8. The zero-order chi connectivity index (χ0) is 92.6. The van der Waals surface area contributed by atoms with Crippen molar-refractivity contribution in [3.05, 3.63) is 246 Å². The third-order valence-electron chi connectivity index (χ3n) is 24.0. The summed E-state index contributed by atoms with van der Waals surface area (Å²) in [6.45, 7) is 20.1. The molecule has 0 spiro atoms. The Labute approximate surface area is 802 Å². The van der Waals surface area contributed by atoms with Gasteiger partial charge in [-0.1, -0.05) is 183 Å². The minimum Gasteiger partial charge on any atom is -0.479 e. The van der Waals surface area contributed by atoms with E-state index in [1.807, 2.05) is 165 Å². The number of carbonyl (C=O) groups is 4. The number of H-pyrrole nitrogens is 4. The van der Waals surface area contributed by atoms with Gasteiger partial charge in [0.15, 0.2) is 22.6 Å². The average molecular weight is 1990 g/mol. The predicted molar refractivity (Wildman–Crippen MR) is 531 cm³/mol. The van der Waals surface area contributed by atoms with Crippen molar-refractivity contribution in [1.29, 1.82) is 0 Å². The lowest BCUT2D eigenvalue weighted by atomic mass is 9.96. The Kier molecular flexibility index (Phi) is 31.9. The highest BCUT2D eigenvalue weighted by Gasteiger charge is 2.36. The maximum Gasteiger partial charge on any atom is 0.244 e. The minimum atomic E-state index is -0.593. The fraction of sp³-hybridized carbons (Fsp3) is 0.333. The Hall–Kier alpha value is -11.6. The first-order valence-electron chi connectivity index (χ1n) is 44.0. The second-order valence-electron chi connectivity index (χ2n) is 33.3. The molecule has 0 radical (unpaired) electrons. The largest absolute Gasteiger partial charge is 0.479 e. The van der Waals surface area contributed by atoms with Crippen LogP contribution in [-0.4, -0.2) is 260 Å². The number of ether oxygens (including phenoxy) is 2. The van der Waals surface area contributed by atoms with Gasteiger partial charge in [0, 0.05) is 186 Å². The summed E-state index contributed by atoms with van der Waals surface area (Å²) in [4.78, 5) is 87.8. The van der Waals surface area contributed by atoms with Crippen LogP contribution in [-0.2, 0) is 32.0 Å².